The fourth-order valence-corrected chi connectivity index (χ4v) is 3.30. The van der Waals surface area contributed by atoms with Gasteiger partial charge in [-0.15, -0.1) is 0 Å². The van der Waals surface area contributed by atoms with Gasteiger partial charge in [0, 0.05) is 18.7 Å². The summed E-state index contributed by atoms with van der Waals surface area (Å²) in [6, 6.07) is 10.6. The number of hydrogen-bond donors (Lipinski definition) is 1. The van der Waals surface area contributed by atoms with Gasteiger partial charge in [0.25, 0.3) is 5.91 Å². The van der Waals surface area contributed by atoms with Crippen LogP contribution in [0.1, 0.15) is 17.3 Å². The number of nitrogens with zero attached hydrogens (tertiary/aromatic N) is 1. The predicted molar refractivity (Wildman–Crippen MR) is 107 cm³/mol. The summed E-state index contributed by atoms with van der Waals surface area (Å²) in [5, 5.41) is 3.56. The second-order valence-corrected chi connectivity index (χ2v) is 6.40. The third kappa shape index (κ3) is 4.46. The number of carbonyl (C=O) groups is 1. The molecule has 1 N–H and O–H groups in total. The molecule has 1 heterocycles. The van der Waals surface area contributed by atoms with Crippen molar-refractivity contribution in [3.8, 4) is 11.5 Å². The van der Waals surface area contributed by atoms with Crippen molar-refractivity contribution in [3.05, 3.63) is 47.0 Å². The Morgan fingerprint density at radius 2 is 2.00 bits per heavy atom. The van der Waals surface area contributed by atoms with E-state index >= 15 is 0 Å². The maximum atomic E-state index is 12.8. The quantitative estimate of drug-likeness (QED) is 0.812. The number of ether oxygens (including phenoxy) is 3. The van der Waals surface area contributed by atoms with Crippen LogP contribution < -0.4 is 19.7 Å². The number of morpholine rings is 1. The van der Waals surface area contributed by atoms with Crippen LogP contribution in [0, 0.1) is 0 Å². The minimum atomic E-state index is -0.242. The molecule has 2 aromatic rings. The van der Waals surface area contributed by atoms with E-state index in [1.54, 1.807) is 25.3 Å². The molecule has 27 heavy (non-hydrogen) atoms. The highest BCUT2D eigenvalue weighted by Crippen LogP contribution is 2.35. The predicted octanol–water partition coefficient (Wildman–Crippen LogP) is 3.84. The lowest BCUT2D eigenvalue weighted by Crippen LogP contribution is -2.37. The Morgan fingerprint density at radius 1 is 1.22 bits per heavy atom. The number of hydrogen-bond acceptors (Lipinski definition) is 5. The van der Waals surface area contributed by atoms with Gasteiger partial charge in [-0.1, -0.05) is 17.7 Å². The lowest BCUT2D eigenvalue weighted by atomic mass is 10.1. The van der Waals surface area contributed by atoms with Gasteiger partial charge >= 0.3 is 0 Å². The molecular weight excluding hydrogens is 368 g/mol. The highest BCUT2D eigenvalue weighted by molar-refractivity contribution is 6.34. The Hall–Kier alpha value is -2.44. The van der Waals surface area contributed by atoms with Crippen LogP contribution in [0.25, 0.3) is 0 Å². The standard InChI is InChI=1S/C20H23ClN2O4/c1-3-27-17-8-7-14(13-18(17)25-2)20(24)22-16-6-4-5-15(21)19(16)23-9-11-26-12-10-23/h4-8,13H,3,9-12H2,1-2H3,(H,22,24). The van der Waals surface area contributed by atoms with Crippen LogP contribution in [-0.4, -0.2) is 45.9 Å². The van der Waals surface area contributed by atoms with Gasteiger partial charge in [0.1, 0.15) is 0 Å². The molecule has 7 heteroatoms. The fraction of sp³-hybridized carbons (Fsp3) is 0.350. The third-order valence-electron chi connectivity index (χ3n) is 4.29. The Kier molecular flexibility index (Phi) is 6.42. The summed E-state index contributed by atoms with van der Waals surface area (Å²) in [5.41, 5.74) is 1.96. The van der Waals surface area contributed by atoms with Gasteiger partial charge in [-0.2, -0.15) is 0 Å². The van der Waals surface area contributed by atoms with Gasteiger partial charge in [0.05, 0.1) is 43.3 Å². The van der Waals surface area contributed by atoms with Crippen molar-refractivity contribution in [3.63, 3.8) is 0 Å². The Balaban J connectivity index is 1.85. The van der Waals surface area contributed by atoms with Gasteiger partial charge in [-0.05, 0) is 37.3 Å². The number of amides is 1. The van der Waals surface area contributed by atoms with Gasteiger partial charge in [-0.25, -0.2) is 0 Å². The number of nitrogens with one attached hydrogen (secondary N) is 1. The number of halogens is 1. The van der Waals surface area contributed by atoms with Gasteiger partial charge in [0.15, 0.2) is 11.5 Å². The maximum Gasteiger partial charge on any atom is 0.255 e. The molecule has 1 saturated heterocycles. The lowest BCUT2D eigenvalue weighted by Gasteiger charge is -2.31. The second kappa shape index (κ2) is 8.97. The minimum Gasteiger partial charge on any atom is -0.493 e. The van der Waals surface area contributed by atoms with E-state index in [0.717, 1.165) is 18.8 Å². The molecule has 0 aliphatic carbocycles. The molecule has 3 rings (SSSR count). The van der Waals surface area contributed by atoms with Crippen LogP contribution in [-0.2, 0) is 4.74 Å². The van der Waals surface area contributed by atoms with E-state index in [1.807, 2.05) is 25.1 Å². The number of rotatable bonds is 6. The van der Waals surface area contributed by atoms with Crippen LogP contribution in [0.15, 0.2) is 36.4 Å². The lowest BCUT2D eigenvalue weighted by molar-refractivity contribution is 0.102. The molecule has 0 atom stereocenters. The van der Waals surface area contributed by atoms with E-state index < -0.39 is 0 Å². The number of methoxy groups -OCH3 is 1. The Labute approximate surface area is 164 Å². The van der Waals surface area contributed by atoms with Crippen molar-refractivity contribution in [1.82, 2.24) is 0 Å². The summed E-state index contributed by atoms with van der Waals surface area (Å²) in [4.78, 5) is 14.9. The SMILES string of the molecule is CCOc1ccc(C(=O)Nc2cccc(Cl)c2N2CCOCC2)cc1OC. The average molecular weight is 391 g/mol. The molecule has 2 aromatic carbocycles. The first-order valence-corrected chi connectivity index (χ1v) is 9.25. The van der Waals surface area contributed by atoms with E-state index in [2.05, 4.69) is 10.2 Å². The molecule has 1 aliphatic heterocycles. The zero-order valence-electron chi connectivity index (χ0n) is 15.5. The normalized spacial score (nSPS) is 14.0. The molecule has 6 nitrogen and oxygen atoms in total. The second-order valence-electron chi connectivity index (χ2n) is 5.99. The summed E-state index contributed by atoms with van der Waals surface area (Å²) in [7, 11) is 1.55. The van der Waals surface area contributed by atoms with E-state index in [4.69, 9.17) is 25.8 Å². The highest BCUT2D eigenvalue weighted by atomic mass is 35.5. The van der Waals surface area contributed by atoms with Crippen molar-refractivity contribution in [2.45, 2.75) is 6.92 Å². The molecule has 0 unspecified atom stereocenters. The number of anilines is 2. The van der Waals surface area contributed by atoms with Gasteiger partial charge in [0.2, 0.25) is 0 Å². The number of carbonyl (C=O) groups excluding carboxylic acids is 1. The highest BCUT2D eigenvalue weighted by Gasteiger charge is 2.20. The monoisotopic (exact) mass is 390 g/mol. The van der Waals surface area contributed by atoms with E-state index in [1.165, 1.54) is 0 Å². The van der Waals surface area contributed by atoms with E-state index in [9.17, 15) is 4.79 Å². The van der Waals surface area contributed by atoms with Crippen molar-refractivity contribution < 1.29 is 19.0 Å². The topological polar surface area (TPSA) is 60.0 Å². The number of para-hydroxylation sites is 1. The van der Waals surface area contributed by atoms with Crippen LogP contribution in [0.4, 0.5) is 11.4 Å². The van der Waals surface area contributed by atoms with Crippen LogP contribution in [0.3, 0.4) is 0 Å². The summed E-state index contributed by atoms with van der Waals surface area (Å²) >= 11 is 6.43. The van der Waals surface area contributed by atoms with Gasteiger partial charge in [-0.3, -0.25) is 4.79 Å². The van der Waals surface area contributed by atoms with Crippen molar-refractivity contribution in [1.29, 1.82) is 0 Å². The summed E-state index contributed by atoms with van der Waals surface area (Å²) in [6.45, 7) is 5.13. The molecule has 1 amide bonds. The van der Waals surface area contributed by atoms with E-state index in [0.29, 0.717) is 47.6 Å². The Bertz CT molecular complexity index is 807. The van der Waals surface area contributed by atoms with Crippen LogP contribution in [0.5, 0.6) is 11.5 Å². The molecule has 0 saturated carbocycles. The van der Waals surface area contributed by atoms with Crippen LogP contribution >= 0.6 is 11.6 Å². The van der Waals surface area contributed by atoms with Gasteiger partial charge < -0.3 is 24.4 Å². The third-order valence-corrected chi connectivity index (χ3v) is 4.59. The average Bonchev–Trinajstić information content (AvgIpc) is 2.69. The minimum absolute atomic E-state index is 0.242. The van der Waals surface area contributed by atoms with Crippen molar-refractivity contribution in [2.75, 3.05) is 50.2 Å². The van der Waals surface area contributed by atoms with E-state index in [-0.39, 0.29) is 5.91 Å². The molecular formula is C20H23ClN2O4. The first kappa shape index (κ1) is 19.3. The number of benzene rings is 2. The zero-order valence-corrected chi connectivity index (χ0v) is 16.2. The van der Waals surface area contributed by atoms with Crippen LogP contribution in [0.2, 0.25) is 5.02 Å². The first-order valence-electron chi connectivity index (χ1n) is 8.87. The molecule has 144 valence electrons. The largest absolute Gasteiger partial charge is 0.493 e. The first-order chi connectivity index (χ1) is 13.1. The molecule has 1 aliphatic rings. The Morgan fingerprint density at radius 3 is 2.70 bits per heavy atom. The maximum absolute atomic E-state index is 12.8. The molecule has 0 spiro atoms. The van der Waals surface area contributed by atoms with Crippen molar-refractivity contribution in [2.24, 2.45) is 0 Å². The zero-order chi connectivity index (χ0) is 19.2. The summed E-state index contributed by atoms with van der Waals surface area (Å²) in [6.07, 6.45) is 0. The summed E-state index contributed by atoms with van der Waals surface area (Å²) in [5.74, 6) is 0.880. The molecule has 0 bridgehead atoms. The molecule has 1 fully saturated rings. The smallest absolute Gasteiger partial charge is 0.255 e. The molecule has 0 radical (unpaired) electrons. The molecule has 0 aromatic heterocycles. The van der Waals surface area contributed by atoms with Crippen molar-refractivity contribution >= 4 is 28.9 Å². The fourth-order valence-electron chi connectivity index (χ4n) is 3.00. The summed E-state index contributed by atoms with van der Waals surface area (Å²) < 4.78 is 16.2.